The van der Waals surface area contributed by atoms with Crippen LogP contribution in [0.3, 0.4) is 0 Å². The van der Waals surface area contributed by atoms with Gasteiger partial charge in [-0.3, -0.25) is 0 Å². The number of aromatic nitrogens is 1. The molecule has 0 saturated carbocycles. The molecule has 2 heterocycles. The van der Waals surface area contributed by atoms with Crippen LogP contribution in [0.4, 0.5) is 0 Å². The van der Waals surface area contributed by atoms with Crippen molar-refractivity contribution in [3.05, 3.63) is 54.2 Å². The Labute approximate surface area is 83.1 Å². The molecule has 2 heteroatoms. The van der Waals surface area contributed by atoms with Crippen molar-refractivity contribution >= 4 is 12.2 Å². The molecule has 0 aliphatic heterocycles. The Bertz CT molecular complexity index is 429. The van der Waals surface area contributed by atoms with Crippen LogP contribution in [0, 0.1) is 0 Å². The number of hydrogen-bond donors (Lipinski definition) is 0. The van der Waals surface area contributed by atoms with Crippen molar-refractivity contribution in [2.45, 2.75) is 0 Å². The standard InChI is InChI=1S/C12H12NO/c1-13-9-3-2-5-11(13)7-8-12-6-4-10-14-12/h2-10H,1H3/q+1/b8-7+. The van der Waals surface area contributed by atoms with Gasteiger partial charge in [0.1, 0.15) is 12.8 Å². The second kappa shape index (κ2) is 3.92. The molecule has 0 unspecified atom stereocenters. The van der Waals surface area contributed by atoms with Crippen LogP contribution in [0.2, 0.25) is 0 Å². The number of rotatable bonds is 2. The summed E-state index contributed by atoms with van der Waals surface area (Å²) in [6.45, 7) is 0. The smallest absolute Gasteiger partial charge is 0.205 e. The van der Waals surface area contributed by atoms with Gasteiger partial charge in [0.05, 0.1) is 6.26 Å². The van der Waals surface area contributed by atoms with Crippen LogP contribution in [0.25, 0.3) is 12.2 Å². The summed E-state index contributed by atoms with van der Waals surface area (Å²) >= 11 is 0. The fourth-order valence-electron chi connectivity index (χ4n) is 1.26. The van der Waals surface area contributed by atoms with Gasteiger partial charge in [-0.05, 0) is 24.3 Å². The second-order valence-electron chi connectivity index (χ2n) is 3.09. The Morgan fingerprint density at radius 1 is 1.14 bits per heavy atom. The fraction of sp³-hybridized carbons (Fsp3) is 0.0833. The van der Waals surface area contributed by atoms with E-state index >= 15 is 0 Å². The summed E-state index contributed by atoms with van der Waals surface area (Å²) in [7, 11) is 2.02. The van der Waals surface area contributed by atoms with E-state index in [0.29, 0.717) is 0 Å². The van der Waals surface area contributed by atoms with Crippen LogP contribution in [0.5, 0.6) is 0 Å². The van der Waals surface area contributed by atoms with Crippen molar-refractivity contribution in [2.75, 3.05) is 0 Å². The molecule has 0 atom stereocenters. The van der Waals surface area contributed by atoms with Gasteiger partial charge in [0.2, 0.25) is 5.69 Å². The molecule has 0 bridgehead atoms. The summed E-state index contributed by atoms with van der Waals surface area (Å²) < 4.78 is 7.25. The molecule has 70 valence electrons. The van der Waals surface area contributed by atoms with Gasteiger partial charge in [0, 0.05) is 18.2 Å². The van der Waals surface area contributed by atoms with Crippen LogP contribution in [-0.2, 0) is 7.05 Å². The number of aryl methyl sites for hydroxylation is 1. The SMILES string of the molecule is C[n+]1ccccc1/C=C/c1ccco1. The van der Waals surface area contributed by atoms with E-state index in [1.807, 2.05) is 49.7 Å². The first-order valence-electron chi connectivity index (χ1n) is 4.52. The molecule has 0 aromatic carbocycles. The predicted octanol–water partition coefficient (Wildman–Crippen LogP) is 2.27. The average Bonchev–Trinajstić information content (AvgIpc) is 2.69. The molecule has 0 saturated heterocycles. The molecule has 14 heavy (non-hydrogen) atoms. The highest BCUT2D eigenvalue weighted by Gasteiger charge is 1.98. The van der Waals surface area contributed by atoms with Crippen LogP contribution in [0.1, 0.15) is 11.5 Å². The maximum Gasteiger partial charge on any atom is 0.205 e. The highest BCUT2D eigenvalue weighted by molar-refractivity contribution is 5.63. The molecule has 0 radical (unpaired) electrons. The van der Waals surface area contributed by atoms with Gasteiger partial charge in [-0.1, -0.05) is 0 Å². The molecule has 2 rings (SSSR count). The van der Waals surface area contributed by atoms with Crippen molar-refractivity contribution in [3.63, 3.8) is 0 Å². The Kier molecular flexibility index (Phi) is 2.45. The zero-order valence-corrected chi connectivity index (χ0v) is 8.05. The van der Waals surface area contributed by atoms with Crippen molar-refractivity contribution in [2.24, 2.45) is 7.05 Å². The summed E-state index contributed by atoms with van der Waals surface area (Å²) in [6.07, 6.45) is 7.67. The first-order chi connectivity index (χ1) is 6.86. The Balaban J connectivity index is 2.23. The maximum atomic E-state index is 5.20. The maximum absolute atomic E-state index is 5.20. The van der Waals surface area contributed by atoms with Crippen molar-refractivity contribution < 1.29 is 8.98 Å². The van der Waals surface area contributed by atoms with Crippen LogP contribution >= 0.6 is 0 Å². The van der Waals surface area contributed by atoms with Gasteiger partial charge in [-0.25, -0.2) is 4.57 Å². The average molecular weight is 186 g/mol. The van der Waals surface area contributed by atoms with Gasteiger partial charge in [-0.15, -0.1) is 0 Å². The third kappa shape index (κ3) is 1.91. The van der Waals surface area contributed by atoms with E-state index in [1.165, 1.54) is 0 Å². The minimum atomic E-state index is 0.869. The van der Waals surface area contributed by atoms with Crippen molar-refractivity contribution in [3.8, 4) is 0 Å². The van der Waals surface area contributed by atoms with E-state index < -0.39 is 0 Å². The summed E-state index contributed by atoms with van der Waals surface area (Å²) in [4.78, 5) is 0. The normalized spacial score (nSPS) is 10.9. The van der Waals surface area contributed by atoms with Crippen LogP contribution < -0.4 is 4.57 Å². The zero-order chi connectivity index (χ0) is 9.80. The molecule has 0 fully saturated rings. The predicted molar refractivity (Wildman–Crippen MR) is 55.3 cm³/mol. The Morgan fingerprint density at radius 2 is 2.07 bits per heavy atom. The minimum Gasteiger partial charge on any atom is -0.465 e. The van der Waals surface area contributed by atoms with Gasteiger partial charge >= 0.3 is 0 Å². The van der Waals surface area contributed by atoms with Gasteiger partial charge in [-0.2, -0.15) is 0 Å². The van der Waals surface area contributed by atoms with Crippen molar-refractivity contribution in [1.82, 2.24) is 0 Å². The largest absolute Gasteiger partial charge is 0.465 e. The highest BCUT2D eigenvalue weighted by Crippen LogP contribution is 2.05. The van der Waals surface area contributed by atoms with E-state index in [0.717, 1.165) is 11.5 Å². The van der Waals surface area contributed by atoms with Gasteiger partial charge in [0.15, 0.2) is 6.20 Å². The molecule has 0 N–H and O–H groups in total. The lowest BCUT2D eigenvalue weighted by atomic mass is 10.3. The summed E-state index contributed by atoms with van der Waals surface area (Å²) in [5.74, 6) is 0.869. The Morgan fingerprint density at radius 3 is 2.79 bits per heavy atom. The monoisotopic (exact) mass is 186 g/mol. The van der Waals surface area contributed by atoms with E-state index in [2.05, 4.69) is 10.6 Å². The lowest BCUT2D eigenvalue weighted by Gasteiger charge is -1.91. The molecule has 2 aromatic heterocycles. The van der Waals surface area contributed by atoms with Gasteiger partial charge in [0.25, 0.3) is 0 Å². The number of furan rings is 1. The fourth-order valence-corrected chi connectivity index (χ4v) is 1.26. The highest BCUT2D eigenvalue weighted by atomic mass is 16.3. The summed E-state index contributed by atoms with van der Waals surface area (Å²) in [5, 5.41) is 0. The molecule has 0 spiro atoms. The number of nitrogens with zero attached hydrogens (tertiary/aromatic N) is 1. The lowest BCUT2D eigenvalue weighted by Crippen LogP contribution is -2.30. The molecule has 0 aliphatic carbocycles. The molecule has 2 aromatic rings. The van der Waals surface area contributed by atoms with Gasteiger partial charge < -0.3 is 4.42 Å². The van der Waals surface area contributed by atoms with Crippen LogP contribution in [0.15, 0.2) is 47.2 Å². The minimum absolute atomic E-state index is 0.869. The first-order valence-corrected chi connectivity index (χ1v) is 4.52. The molecule has 2 nitrogen and oxygen atoms in total. The topological polar surface area (TPSA) is 17.0 Å². The summed E-state index contributed by atoms with van der Waals surface area (Å²) in [5.41, 5.74) is 1.14. The lowest BCUT2D eigenvalue weighted by molar-refractivity contribution is -0.673. The quantitative estimate of drug-likeness (QED) is 0.657. The third-order valence-corrected chi connectivity index (χ3v) is 2.06. The Hall–Kier alpha value is -1.83. The van der Waals surface area contributed by atoms with Crippen molar-refractivity contribution in [1.29, 1.82) is 0 Å². The first kappa shape index (κ1) is 8.75. The van der Waals surface area contributed by atoms with E-state index in [9.17, 15) is 0 Å². The van der Waals surface area contributed by atoms with Crippen LogP contribution in [-0.4, -0.2) is 0 Å². The second-order valence-corrected chi connectivity index (χ2v) is 3.09. The summed E-state index contributed by atoms with van der Waals surface area (Å²) in [6, 6.07) is 9.88. The van der Waals surface area contributed by atoms with E-state index in [-0.39, 0.29) is 0 Å². The molecule has 0 amide bonds. The molecular formula is C12H12NO+. The zero-order valence-electron chi connectivity index (χ0n) is 8.05. The molecular weight excluding hydrogens is 174 g/mol. The third-order valence-electron chi connectivity index (χ3n) is 2.06. The van der Waals surface area contributed by atoms with E-state index in [4.69, 9.17) is 4.42 Å². The number of hydrogen-bond acceptors (Lipinski definition) is 1. The van der Waals surface area contributed by atoms with E-state index in [1.54, 1.807) is 6.26 Å². The molecule has 0 aliphatic rings. The number of pyridine rings is 1.